The first kappa shape index (κ1) is 11.7. The maximum Gasteiger partial charge on any atom is 0.0693 e. The van der Waals surface area contributed by atoms with Gasteiger partial charge in [0.1, 0.15) is 0 Å². The van der Waals surface area contributed by atoms with Crippen LogP contribution < -0.4 is 0 Å². The van der Waals surface area contributed by atoms with Crippen LogP contribution in [0.25, 0.3) is 0 Å². The number of nitrogens with zero attached hydrogens (tertiary/aromatic N) is 1. The van der Waals surface area contributed by atoms with Gasteiger partial charge in [-0.3, -0.25) is 4.90 Å². The molecule has 0 aliphatic rings. The highest BCUT2D eigenvalue weighted by molar-refractivity contribution is 4.94. The smallest absolute Gasteiger partial charge is 0.0693 e. The number of aliphatic hydroxyl groups is 1. The van der Waals surface area contributed by atoms with Crippen LogP contribution in [0.1, 0.15) is 27.7 Å². The van der Waals surface area contributed by atoms with E-state index in [4.69, 9.17) is 5.11 Å². The lowest BCUT2D eigenvalue weighted by atomic mass is 10.2. The topological polar surface area (TPSA) is 23.5 Å². The van der Waals surface area contributed by atoms with Gasteiger partial charge in [-0.15, -0.1) is 0 Å². The predicted octanol–water partition coefficient (Wildman–Crippen LogP) is 1.65. The zero-order valence-corrected chi connectivity index (χ0v) is 8.62. The van der Waals surface area contributed by atoms with E-state index in [1.165, 1.54) is 0 Å². The van der Waals surface area contributed by atoms with Crippen molar-refractivity contribution in [2.45, 2.75) is 39.8 Å². The molecular weight excluding hydrogens is 150 g/mol. The number of likely N-dealkylation sites (N-methyl/N-ethyl adjacent to an activating group) is 1. The molecule has 0 saturated carbocycles. The van der Waals surface area contributed by atoms with Crippen LogP contribution >= 0.6 is 0 Å². The predicted molar refractivity (Wildman–Crippen MR) is 53.2 cm³/mol. The Morgan fingerprint density at radius 3 is 2.00 bits per heavy atom. The third-order valence-corrected chi connectivity index (χ3v) is 2.06. The number of hydrogen-bond acceptors (Lipinski definition) is 2. The van der Waals surface area contributed by atoms with Gasteiger partial charge in [0.2, 0.25) is 0 Å². The summed E-state index contributed by atoms with van der Waals surface area (Å²) in [5.74, 6) is 0. The van der Waals surface area contributed by atoms with Crippen molar-refractivity contribution in [3.05, 3.63) is 12.2 Å². The van der Waals surface area contributed by atoms with E-state index in [0.29, 0.717) is 6.04 Å². The average Bonchev–Trinajstić information content (AvgIpc) is 2.03. The Kier molecular flexibility index (Phi) is 6.03. The van der Waals surface area contributed by atoms with E-state index < -0.39 is 0 Å². The summed E-state index contributed by atoms with van der Waals surface area (Å²) in [7, 11) is 0. The Bertz CT molecular complexity index is 128. The Morgan fingerprint density at radius 2 is 1.67 bits per heavy atom. The molecule has 0 aromatic heterocycles. The first-order valence-corrected chi connectivity index (χ1v) is 4.72. The Labute approximate surface area is 75.9 Å². The molecule has 0 rings (SSSR count). The first-order valence-electron chi connectivity index (χ1n) is 4.72. The number of hydrogen-bond donors (Lipinski definition) is 1. The third kappa shape index (κ3) is 4.52. The van der Waals surface area contributed by atoms with Crippen molar-refractivity contribution < 1.29 is 5.11 Å². The molecule has 2 unspecified atom stereocenters. The van der Waals surface area contributed by atoms with E-state index in [2.05, 4.69) is 31.7 Å². The molecular formula is C10H21NO. The highest BCUT2D eigenvalue weighted by atomic mass is 16.3. The summed E-state index contributed by atoms with van der Waals surface area (Å²) in [5, 5.41) is 9.02. The minimum atomic E-state index is -0.331. The van der Waals surface area contributed by atoms with Crippen molar-refractivity contribution in [3.8, 4) is 0 Å². The second-order valence-electron chi connectivity index (χ2n) is 3.09. The van der Waals surface area contributed by atoms with Crippen molar-refractivity contribution in [2.75, 3.05) is 13.1 Å². The van der Waals surface area contributed by atoms with Crippen LogP contribution in [-0.2, 0) is 0 Å². The van der Waals surface area contributed by atoms with E-state index in [-0.39, 0.29) is 6.10 Å². The quantitative estimate of drug-likeness (QED) is 0.636. The van der Waals surface area contributed by atoms with E-state index in [1.807, 2.05) is 6.08 Å². The molecule has 0 radical (unpaired) electrons. The van der Waals surface area contributed by atoms with Gasteiger partial charge in [0.05, 0.1) is 6.10 Å². The van der Waals surface area contributed by atoms with Crippen molar-refractivity contribution in [3.63, 3.8) is 0 Å². The van der Waals surface area contributed by atoms with Crippen LogP contribution in [-0.4, -0.2) is 35.2 Å². The Hall–Kier alpha value is -0.340. The number of aliphatic hydroxyl groups excluding tert-OH is 1. The molecule has 0 aromatic carbocycles. The highest BCUT2D eigenvalue weighted by Gasteiger charge is 2.05. The zero-order valence-electron chi connectivity index (χ0n) is 8.62. The summed E-state index contributed by atoms with van der Waals surface area (Å²) in [6, 6.07) is 0.426. The first-order chi connectivity index (χ1) is 5.61. The Balaban J connectivity index is 3.91. The molecule has 0 aliphatic heterocycles. The molecule has 0 bridgehead atoms. The van der Waals surface area contributed by atoms with E-state index in [9.17, 15) is 0 Å². The summed E-state index contributed by atoms with van der Waals surface area (Å²) >= 11 is 0. The molecule has 72 valence electrons. The maximum absolute atomic E-state index is 9.02. The van der Waals surface area contributed by atoms with Crippen LogP contribution in [0.2, 0.25) is 0 Å². The summed E-state index contributed by atoms with van der Waals surface area (Å²) < 4.78 is 0. The van der Waals surface area contributed by atoms with Crippen molar-refractivity contribution in [1.29, 1.82) is 0 Å². The second kappa shape index (κ2) is 6.21. The molecule has 0 heterocycles. The van der Waals surface area contributed by atoms with Gasteiger partial charge in [0, 0.05) is 6.04 Å². The SMILES string of the molecule is CCN(CC)C(C)/C=C/C(C)O. The van der Waals surface area contributed by atoms with Crippen LogP contribution in [0.4, 0.5) is 0 Å². The van der Waals surface area contributed by atoms with Gasteiger partial charge in [-0.1, -0.05) is 26.0 Å². The van der Waals surface area contributed by atoms with Gasteiger partial charge in [0.15, 0.2) is 0 Å². The monoisotopic (exact) mass is 171 g/mol. The second-order valence-corrected chi connectivity index (χ2v) is 3.09. The lowest BCUT2D eigenvalue weighted by Crippen LogP contribution is -2.31. The molecule has 0 spiro atoms. The summed E-state index contributed by atoms with van der Waals surface area (Å²) in [5.41, 5.74) is 0. The molecule has 0 fully saturated rings. The summed E-state index contributed by atoms with van der Waals surface area (Å²) in [4.78, 5) is 2.33. The fraction of sp³-hybridized carbons (Fsp3) is 0.800. The standard InChI is InChI=1S/C10H21NO/c1-5-11(6-2)9(3)7-8-10(4)12/h7-10,12H,5-6H2,1-4H3/b8-7+. The molecule has 0 aromatic rings. The van der Waals surface area contributed by atoms with E-state index in [0.717, 1.165) is 13.1 Å². The zero-order chi connectivity index (χ0) is 9.56. The molecule has 0 aliphatic carbocycles. The van der Waals surface area contributed by atoms with Crippen molar-refractivity contribution >= 4 is 0 Å². The minimum absolute atomic E-state index is 0.331. The summed E-state index contributed by atoms with van der Waals surface area (Å²) in [6.45, 7) is 10.3. The molecule has 0 amide bonds. The van der Waals surface area contributed by atoms with Crippen LogP contribution in [0.5, 0.6) is 0 Å². The minimum Gasteiger partial charge on any atom is -0.389 e. The van der Waals surface area contributed by atoms with Gasteiger partial charge in [-0.25, -0.2) is 0 Å². The van der Waals surface area contributed by atoms with Crippen molar-refractivity contribution in [1.82, 2.24) is 4.90 Å². The molecule has 0 saturated heterocycles. The molecule has 2 heteroatoms. The fourth-order valence-corrected chi connectivity index (χ4v) is 1.24. The van der Waals surface area contributed by atoms with Gasteiger partial charge < -0.3 is 5.11 Å². The third-order valence-electron chi connectivity index (χ3n) is 2.06. The van der Waals surface area contributed by atoms with E-state index >= 15 is 0 Å². The van der Waals surface area contributed by atoms with Gasteiger partial charge in [-0.2, -0.15) is 0 Å². The average molecular weight is 171 g/mol. The fourth-order valence-electron chi connectivity index (χ4n) is 1.24. The lowest BCUT2D eigenvalue weighted by Gasteiger charge is -2.23. The van der Waals surface area contributed by atoms with Crippen LogP contribution in [0, 0.1) is 0 Å². The van der Waals surface area contributed by atoms with Gasteiger partial charge in [-0.05, 0) is 26.9 Å². The highest BCUT2D eigenvalue weighted by Crippen LogP contribution is 2.00. The van der Waals surface area contributed by atoms with Gasteiger partial charge in [0.25, 0.3) is 0 Å². The molecule has 12 heavy (non-hydrogen) atoms. The molecule has 2 atom stereocenters. The largest absolute Gasteiger partial charge is 0.389 e. The number of rotatable bonds is 5. The normalized spacial score (nSPS) is 17.2. The van der Waals surface area contributed by atoms with Gasteiger partial charge >= 0.3 is 0 Å². The lowest BCUT2D eigenvalue weighted by molar-refractivity contribution is 0.238. The van der Waals surface area contributed by atoms with Crippen LogP contribution in [0.3, 0.4) is 0 Å². The Morgan fingerprint density at radius 1 is 1.17 bits per heavy atom. The molecule has 1 N–H and O–H groups in total. The maximum atomic E-state index is 9.02. The summed E-state index contributed by atoms with van der Waals surface area (Å²) in [6.07, 6.45) is 3.56. The van der Waals surface area contributed by atoms with E-state index in [1.54, 1.807) is 6.92 Å². The van der Waals surface area contributed by atoms with Crippen molar-refractivity contribution in [2.24, 2.45) is 0 Å². The van der Waals surface area contributed by atoms with Crippen LogP contribution in [0.15, 0.2) is 12.2 Å². The molecule has 2 nitrogen and oxygen atoms in total.